The zero-order chi connectivity index (χ0) is 17.7. The maximum Gasteiger partial charge on any atom is 0.220 e. The summed E-state index contributed by atoms with van der Waals surface area (Å²) in [5.41, 5.74) is 1.03. The quantitative estimate of drug-likeness (QED) is 0.780. The summed E-state index contributed by atoms with van der Waals surface area (Å²) in [6, 6.07) is 7.10. The van der Waals surface area contributed by atoms with E-state index in [1.807, 2.05) is 12.1 Å². The van der Waals surface area contributed by atoms with E-state index in [1.165, 1.54) is 18.4 Å². The highest BCUT2D eigenvalue weighted by Crippen LogP contribution is 2.18. The molecule has 1 aromatic carbocycles. The molecule has 2 unspecified atom stereocenters. The number of ether oxygens (including phenoxy) is 1. The summed E-state index contributed by atoms with van der Waals surface area (Å²) >= 11 is 5.83. The van der Waals surface area contributed by atoms with Crippen LogP contribution < -0.4 is 5.32 Å². The maximum atomic E-state index is 12.1. The van der Waals surface area contributed by atoms with Gasteiger partial charge in [-0.2, -0.15) is 0 Å². The van der Waals surface area contributed by atoms with Crippen LogP contribution in [0.15, 0.2) is 24.3 Å². The molecule has 1 aliphatic rings. The van der Waals surface area contributed by atoms with E-state index in [0.717, 1.165) is 5.56 Å². The van der Waals surface area contributed by atoms with E-state index in [0.29, 0.717) is 31.1 Å². The van der Waals surface area contributed by atoms with Gasteiger partial charge in [-0.3, -0.25) is 4.79 Å². The highest BCUT2D eigenvalue weighted by atomic mass is 35.5. The van der Waals surface area contributed by atoms with E-state index in [4.69, 9.17) is 16.3 Å². The molecule has 2 rings (SSSR count). The first-order valence-electron chi connectivity index (χ1n) is 7.79. The molecular formula is C16H23ClN2O4S. The lowest BCUT2D eigenvalue weighted by molar-refractivity contribution is -0.121. The van der Waals surface area contributed by atoms with Gasteiger partial charge < -0.3 is 10.1 Å². The normalized spacial score (nSPS) is 21.2. The first-order chi connectivity index (χ1) is 11.3. The highest BCUT2D eigenvalue weighted by Gasteiger charge is 2.33. The first kappa shape index (κ1) is 19.2. The molecule has 24 heavy (non-hydrogen) atoms. The fourth-order valence-corrected chi connectivity index (χ4v) is 3.82. The predicted molar refractivity (Wildman–Crippen MR) is 93.5 cm³/mol. The minimum atomic E-state index is -3.32. The Hall–Kier alpha value is -1.15. The Bertz CT molecular complexity index is 661. The summed E-state index contributed by atoms with van der Waals surface area (Å²) in [7, 11) is -0.311. The van der Waals surface area contributed by atoms with Crippen LogP contribution >= 0.6 is 11.6 Å². The minimum absolute atomic E-state index is 0.0257. The molecule has 1 heterocycles. The topological polar surface area (TPSA) is 75.7 Å². The Morgan fingerprint density at radius 1 is 1.29 bits per heavy atom. The third kappa shape index (κ3) is 5.44. The number of nitrogens with one attached hydrogen (secondary N) is 1. The number of aryl methyl sites for hydroxylation is 1. The second-order valence-electron chi connectivity index (χ2n) is 6.16. The van der Waals surface area contributed by atoms with Gasteiger partial charge in [-0.05, 0) is 24.1 Å². The lowest BCUT2D eigenvalue weighted by Gasteiger charge is -2.21. The van der Waals surface area contributed by atoms with E-state index in [9.17, 15) is 13.2 Å². The Morgan fingerprint density at radius 3 is 2.58 bits per heavy atom. The zero-order valence-electron chi connectivity index (χ0n) is 13.9. The Balaban J connectivity index is 1.85. The molecule has 1 N–H and O–H groups in total. The number of hydrogen-bond donors (Lipinski definition) is 1. The third-order valence-electron chi connectivity index (χ3n) is 4.08. The number of sulfonamides is 1. The van der Waals surface area contributed by atoms with Crippen LogP contribution in [0.3, 0.4) is 0 Å². The van der Waals surface area contributed by atoms with Crippen molar-refractivity contribution in [3.63, 3.8) is 0 Å². The summed E-state index contributed by atoms with van der Waals surface area (Å²) < 4.78 is 30.6. The van der Waals surface area contributed by atoms with Crippen LogP contribution in [0, 0.1) is 5.92 Å². The van der Waals surface area contributed by atoms with E-state index in [1.54, 1.807) is 12.1 Å². The van der Waals surface area contributed by atoms with Crippen molar-refractivity contribution in [3.8, 4) is 0 Å². The van der Waals surface area contributed by atoms with Gasteiger partial charge in [-0.25, -0.2) is 12.7 Å². The van der Waals surface area contributed by atoms with Crippen LogP contribution in [0.2, 0.25) is 5.02 Å². The SMILES string of the molecule is CN(C)S(=O)(=O)CC1COCC1NC(=O)CCc1ccc(Cl)cc1. The molecule has 0 bridgehead atoms. The van der Waals surface area contributed by atoms with E-state index in [-0.39, 0.29) is 23.6 Å². The molecule has 8 heteroatoms. The number of hydrogen-bond acceptors (Lipinski definition) is 4. The number of carbonyl (C=O) groups is 1. The lowest BCUT2D eigenvalue weighted by Crippen LogP contribution is -2.43. The summed E-state index contributed by atoms with van der Waals surface area (Å²) in [5.74, 6) is -0.355. The van der Waals surface area contributed by atoms with Gasteiger partial charge in [0, 0.05) is 31.5 Å². The fourth-order valence-electron chi connectivity index (χ4n) is 2.53. The minimum Gasteiger partial charge on any atom is -0.379 e. The molecule has 6 nitrogen and oxygen atoms in total. The van der Waals surface area contributed by atoms with Crippen LogP contribution in [0.25, 0.3) is 0 Å². The number of amides is 1. The number of rotatable bonds is 7. The maximum absolute atomic E-state index is 12.1. The summed E-state index contributed by atoms with van der Waals surface area (Å²) in [4.78, 5) is 12.1. The van der Waals surface area contributed by atoms with Crippen molar-refractivity contribution in [1.29, 1.82) is 0 Å². The van der Waals surface area contributed by atoms with Crippen LogP contribution in [0.4, 0.5) is 0 Å². The van der Waals surface area contributed by atoms with Gasteiger partial charge in [-0.1, -0.05) is 23.7 Å². The van der Waals surface area contributed by atoms with Crippen molar-refractivity contribution in [2.45, 2.75) is 18.9 Å². The van der Waals surface area contributed by atoms with Crippen molar-refractivity contribution >= 4 is 27.5 Å². The molecule has 1 amide bonds. The number of benzene rings is 1. The number of carbonyl (C=O) groups excluding carboxylic acids is 1. The molecule has 0 aliphatic carbocycles. The Kier molecular flexibility index (Phi) is 6.62. The molecule has 0 aromatic heterocycles. The monoisotopic (exact) mass is 374 g/mol. The first-order valence-corrected chi connectivity index (χ1v) is 9.78. The molecule has 1 fully saturated rings. The summed E-state index contributed by atoms with van der Waals surface area (Å²) in [5, 5.41) is 3.56. The smallest absolute Gasteiger partial charge is 0.220 e. The molecule has 134 valence electrons. The van der Waals surface area contributed by atoms with Crippen LogP contribution in [0.1, 0.15) is 12.0 Å². The van der Waals surface area contributed by atoms with Crippen molar-refractivity contribution in [3.05, 3.63) is 34.9 Å². The van der Waals surface area contributed by atoms with Crippen molar-refractivity contribution in [2.75, 3.05) is 33.1 Å². The largest absolute Gasteiger partial charge is 0.379 e. The van der Waals surface area contributed by atoms with Crippen molar-refractivity contribution in [1.82, 2.24) is 9.62 Å². The predicted octanol–water partition coefficient (Wildman–Crippen LogP) is 1.30. The van der Waals surface area contributed by atoms with E-state index in [2.05, 4.69) is 5.32 Å². The molecule has 1 aromatic rings. The van der Waals surface area contributed by atoms with E-state index < -0.39 is 10.0 Å². The molecule has 2 atom stereocenters. The van der Waals surface area contributed by atoms with E-state index >= 15 is 0 Å². The molecule has 1 aliphatic heterocycles. The molecule has 0 saturated carbocycles. The number of nitrogens with zero attached hydrogens (tertiary/aromatic N) is 1. The van der Waals surface area contributed by atoms with Gasteiger partial charge in [0.2, 0.25) is 15.9 Å². The van der Waals surface area contributed by atoms with Gasteiger partial charge in [-0.15, -0.1) is 0 Å². The fraction of sp³-hybridized carbons (Fsp3) is 0.562. The van der Waals surface area contributed by atoms with Crippen LogP contribution in [-0.4, -0.2) is 57.7 Å². The van der Waals surface area contributed by atoms with Crippen LogP contribution in [0.5, 0.6) is 0 Å². The van der Waals surface area contributed by atoms with Gasteiger partial charge in [0.1, 0.15) is 0 Å². The standard InChI is InChI=1S/C16H23ClN2O4S/c1-19(2)24(21,22)11-13-9-23-10-15(13)18-16(20)8-5-12-3-6-14(17)7-4-12/h3-4,6-7,13,15H,5,8-11H2,1-2H3,(H,18,20). The van der Waals surface area contributed by atoms with Gasteiger partial charge in [0.25, 0.3) is 0 Å². The van der Waals surface area contributed by atoms with Gasteiger partial charge >= 0.3 is 0 Å². The molecule has 0 spiro atoms. The van der Waals surface area contributed by atoms with Crippen molar-refractivity contribution < 1.29 is 17.9 Å². The number of halogens is 1. The molecular weight excluding hydrogens is 352 g/mol. The summed E-state index contributed by atoms with van der Waals surface area (Å²) in [6.45, 7) is 0.690. The zero-order valence-corrected chi connectivity index (χ0v) is 15.4. The second-order valence-corrected chi connectivity index (χ2v) is 8.82. The molecule has 1 saturated heterocycles. The second kappa shape index (κ2) is 8.29. The average Bonchev–Trinajstić information content (AvgIpc) is 2.93. The Labute approximate surface area is 148 Å². The Morgan fingerprint density at radius 2 is 1.96 bits per heavy atom. The molecule has 0 radical (unpaired) electrons. The third-order valence-corrected chi connectivity index (χ3v) is 6.29. The average molecular weight is 375 g/mol. The highest BCUT2D eigenvalue weighted by molar-refractivity contribution is 7.89. The van der Waals surface area contributed by atoms with Gasteiger partial charge in [0.05, 0.1) is 25.0 Å². The van der Waals surface area contributed by atoms with Crippen molar-refractivity contribution in [2.24, 2.45) is 5.92 Å². The lowest BCUT2D eigenvalue weighted by atomic mass is 10.1. The summed E-state index contributed by atoms with van der Waals surface area (Å²) in [6.07, 6.45) is 0.947. The van der Waals surface area contributed by atoms with Gasteiger partial charge in [0.15, 0.2) is 0 Å². The van der Waals surface area contributed by atoms with Crippen LogP contribution in [-0.2, 0) is 26.0 Å².